The van der Waals surface area contributed by atoms with E-state index >= 15 is 0 Å². The first kappa shape index (κ1) is 20.0. The molecule has 1 aromatic rings. The van der Waals surface area contributed by atoms with E-state index in [0.717, 1.165) is 6.26 Å². The number of hydrogen-bond acceptors (Lipinski definition) is 7. The zero-order valence-corrected chi connectivity index (χ0v) is 15.3. The fourth-order valence-electron chi connectivity index (χ4n) is 2.06. The van der Waals surface area contributed by atoms with Gasteiger partial charge in [0.05, 0.1) is 6.26 Å². The van der Waals surface area contributed by atoms with Crippen molar-refractivity contribution in [3.05, 3.63) is 11.5 Å². The molecule has 11 heteroatoms. The molecule has 0 atom stereocenters. The summed E-state index contributed by atoms with van der Waals surface area (Å²) in [5.74, 6) is 0.190. The lowest BCUT2D eigenvalue weighted by atomic mass is 10.4. The van der Waals surface area contributed by atoms with Crippen LogP contribution in [0.2, 0.25) is 0 Å². The number of rotatable bonds is 10. The van der Waals surface area contributed by atoms with Crippen molar-refractivity contribution in [1.29, 1.82) is 0 Å². The summed E-state index contributed by atoms with van der Waals surface area (Å²) in [5.41, 5.74) is 0.259. The van der Waals surface area contributed by atoms with Crippen molar-refractivity contribution in [2.75, 3.05) is 39.6 Å². The van der Waals surface area contributed by atoms with Gasteiger partial charge in [0.25, 0.3) is 0 Å². The predicted molar refractivity (Wildman–Crippen MR) is 84.1 cm³/mol. The maximum atomic E-state index is 12.2. The quantitative estimate of drug-likeness (QED) is 0.571. The Bertz CT molecular complexity index is 692. The number of aromatic nitrogens is 1. The lowest BCUT2D eigenvalue weighted by Gasteiger charge is -2.19. The van der Waals surface area contributed by atoms with E-state index < -0.39 is 20.0 Å². The summed E-state index contributed by atoms with van der Waals surface area (Å²) in [5, 5.41) is 3.60. The monoisotopic (exact) mass is 369 g/mol. The summed E-state index contributed by atoms with van der Waals surface area (Å²) >= 11 is 0. The molecule has 134 valence electrons. The third kappa shape index (κ3) is 5.84. The van der Waals surface area contributed by atoms with Gasteiger partial charge in [-0.25, -0.2) is 25.9 Å². The summed E-state index contributed by atoms with van der Waals surface area (Å²) in [4.78, 5) is -0.0113. The van der Waals surface area contributed by atoms with Crippen LogP contribution in [0.25, 0.3) is 0 Å². The molecule has 0 aliphatic heterocycles. The molecule has 1 rings (SSSR count). The Labute approximate surface area is 137 Å². The van der Waals surface area contributed by atoms with E-state index in [1.807, 2.05) is 0 Å². The van der Waals surface area contributed by atoms with Crippen LogP contribution in [0.1, 0.15) is 17.9 Å². The Balaban J connectivity index is 2.69. The summed E-state index contributed by atoms with van der Waals surface area (Å²) in [7, 11) is -5.69. The molecule has 0 aromatic carbocycles. The van der Waals surface area contributed by atoms with Crippen LogP contribution in [0.5, 0.6) is 0 Å². The van der Waals surface area contributed by atoms with Gasteiger partial charge >= 0.3 is 0 Å². The maximum absolute atomic E-state index is 12.2. The van der Waals surface area contributed by atoms with Crippen LogP contribution in [-0.4, -0.2) is 65.9 Å². The second kappa shape index (κ2) is 8.20. The number of sulfonamides is 2. The highest BCUT2D eigenvalue weighted by Crippen LogP contribution is 2.18. The summed E-state index contributed by atoms with van der Waals surface area (Å²) in [6.45, 7) is 3.70. The Morgan fingerprint density at radius 1 is 1.22 bits per heavy atom. The minimum absolute atomic E-state index is 0.0113. The molecular weight excluding hydrogens is 346 g/mol. The minimum Gasteiger partial charge on any atom is -0.385 e. The highest BCUT2D eigenvalue weighted by atomic mass is 32.2. The van der Waals surface area contributed by atoms with Gasteiger partial charge in [0.15, 0.2) is 5.76 Å². The lowest BCUT2D eigenvalue weighted by molar-refractivity contribution is 0.187. The van der Waals surface area contributed by atoms with Crippen LogP contribution in [-0.2, 0) is 24.8 Å². The molecule has 0 aliphatic rings. The SMILES string of the molecule is COCCCN(CCNS(=O)(=O)c1c(C)noc1C)S(C)(=O)=O. The molecule has 0 bridgehead atoms. The summed E-state index contributed by atoms with van der Waals surface area (Å²) in [6, 6.07) is 0. The van der Waals surface area contributed by atoms with Crippen molar-refractivity contribution in [2.24, 2.45) is 0 Å². The normalized spacial score (nSPS) is 12.9. The van der Waals surface area contributed by atoms with Gasteiger partial charge in [-0.15, -0.1) is 0 Å². The van der Waals surface area contributed by atoms with Crippen molar-refractivity contribution >= 4 is 20.0 Å². The minimum atomic E-state index is -3.80. The molecule has 0 saturated heterocycles. The standard InChI is InChI=1S/C12H23N3O6S2/c1-10-12(11(2)21-14-10)23(18,19)13-6-8-15(22(4,16)17)7-5-9-20-3/h13H,5-9H2,1-4H3. The highest BCUT2D eigenvalue weighted by Gasteiger charge is 2.24. The highest BCUT2D eigenvalue weighted by molar-refractivity contribution is 7.89. The van der Waals surface area contributed by atoms with Crippen LogP contribution in [0.3, 0.4) is 0 Å². The van der Waals surface area contributed by atoms with Gasteiger partial charge < -0.3 is 9.26 Å². The molecule has 0 saturated carbocycles. The number of nitrogens with zero attached hydrogens (tertiary/aromatic N) is 2. The Kier molecular flexibility index (Phi) is 7.14. The van der Waals surface area contributed by atoms with E-state index in [1.165, 1.54) is 25.3 Å². The number of aryl methyl sites for hydroxylation is 2. The fourth-order valence-corrected chi connectivity index (χ4v) is 4.29. The second-order valence-corrected chi connectivity index (χ2v) is 8.75. The third-order valence-electron chi connectivity index (χ3n) is 3.11. The third-order valence-corrected chi connectivity index (χ3v) is 6.12. The molecule has 1 N–H and O–H groups in total. The molecule has 0 amide bonds. The number of ether oxygens (including phenoxy) is 1. The average Bonchev–Trinajstić information content (AvgIpc) is 2.76. The van der Waals surface area contributed by atoms with E-state index in [2.05, 4.69) is 9.88 Å². The fraction of sp³-hybridized carbons (Fsp3) is 0.750. The first-order valence-corrected chi connectivity index (χ1v) is 10.3. The maximum Gasteiger partial charge on any atom is 0.246 e. The summed E-state index contributed by atoms with van der Waals surface area (Å²) < 4.78 is 61.2. The van der Waals surface area contributed by atoms with Crippen LogP contribution in [0.4, 0.5) is 0 Å². The molecular formula is C12H23N3O6S2. The van der Waals surface area contributed by atoms with Gasteiger partial charge in [-0.1, -0.05) is 5.16 Å². The lowest BCUT2D eigenvalue weighted by Crippen LogP contribution is -2.39. The van der Waals surface area contributed by atoms with Crippen molar-refractivity contribution in [2.45, 2.75) is 25.2 Å². The van der Waals surface area contributed by atoms with E-state index in [-0.39, 0.29) is 36.0 Å². The van der Waals surface area contributed by atoms with Gasteiger partial charge in [0.1, 0.15) is 10.6 Å². The van der Waals surface area contributed by atoms with Gasteiger partial charge in [-0.2, -0.15) is 0 Å². The average molecular weight is 369 g/mol. The number of methoxy groups -OCH3 is 1. The van der Waals surface area contributed by atoms with Gasteiger partial charge in [0.2, 0.25) is 20.0 Å². The molecule has 0 radical (unpaired) electrons. The van der Waals surface area contributed by atoms with Crippen LogP contribution in [0.15, 0.2) is 9.42 Å². The van der Waals surface area contributed by atoms with Crippen molar-refractivity contribution in [3.63, 3.8) is 0 Å². The van der Waals surface area contributed by atoms with Crippen molar-refractivity contribution < 1.29 is 26.1 Å². The smallest absolute Gasteiger partial charge is 0.246 e. The summed E-state index contributed by atoms with van der Waals surface area (Å²) in [6.07, 6.45) is 1.61. The largest absolute Gasteiger partial charge is 0.385 e. The molecule has 0 spiro atoms. The predicted octanol–water partition coefficient (Wildman–Crippen LogP) is -0.132. The Hall–Kier alpha value is -1.01. The van der Waals surface area contributed by atoms with E-state index in [0.29, 0.717) is 13.0 Å². The van der Waals surface area contributed by atoms with Crippen LogP contribution < -0.4 is 4.72 Å². The molecule has 0 aliphatic carbocycles. The molecule has 23 heavy (non-hydrogen) atoms. The second-order valence-electron chi connectivity index (χ2n) is 5.06. The van der Waals surface area contributed by atoms with Gasteiger partial charge in [-0.05, 0) is 20.3 Å². The van der Waals surface area contributed by atoms with E-state index in [1.54, 1.807) is 0 Å². The van der Waals surface area contributed by atoms with Crippen LogP contribution in [0, 0.1) is 13.8 Å². The van der Waals surface area contributed by atoms with Crippen molar-refractivity contribution in [3.8, 4) is 0 Å². The van der Waals surface area contributed by atoms with Gasteiger partial charge in [-0.3, -0.25) is 0 Å². The zero-order valence-electron chi connectivity index (χ0n) is 13.7. The first-order valence-electron chi connectivity index (χ1n) is 6.96. The topological polar surface area (TPSA) is 119 Å². The van der Waals surface area contributed by atoms with E-state index in [4.69, 9.17) is 9.26 Å². The molecule has 9 nitrogen and oxygen atoms in total. The zero-order chi connectivity index (χ0) is 17.7. The van der Waals surface area contributed by atoms with Gasteiger partial charge in [0, 0.05) is 33.4 Å². The Morgan fingerprint density at radius 3 is 2.35 bits per heavy atom. The molecule has 1 aromatic heterocycles. The van der Waals surface area contributed by atoms with E-state index in [9.17, 15) is 16.8 Å². The van der Waals surface area contributed by atoms with Crippen LogP contribution >= 0.6 is 0 Å². The first-order chi connectivity index (χ1) is 10.6. The number of nitrogens with one attached hydrogen (secondary N) is 1. The molecule has 0 unspecified atom stereocenters. The molecule has 0 fully saturated rings. The number of hydrogen-bond donors (Lipinski definition) is 1. The molecule has 1 heterocycles. The van der Waals surface area contributed by atoms with Crippen molar-refractivity contribution in [1.82, 2.24) is 14.2 Å². The Morgan fingerprint density at radius 2 is 1.87 bits per heavy atom.